The predicted octanol–water partition coefficient (Wildman–Crippen LogP) is 1.52. The summed E-state index contributed by atoms with van der Waals surface area (Å²) in [5, 5.41) is 4.12. The van der Waals surface area contributed by atoms with Crippen molar-refractivity contribution in [2.24, 2.45) is 11.7 Å². The molecule has 2 aromatic heterocycles. The second-order valence-electron chi connectivity index (χ2n) is 7.78. The summed E-state index contributed by atoms with van der Waals surface area (Å²) in [7, 11) is 0. The molecule has 146 valence electrons. The minimum absolute atomic E-state index is 0.0835. The van der Waals surface area contributed by atoms with Gasteiger partial charge in [0.2, 0.25) is 11.8 Å². The number of nitrogens with two attached hydrogens (primary N) is 1. The number of likely N-dealkylation sites (tertiary alicyclic amines) is 1. The van der Waals surface area contributed by atoms with E-state index < -0.39 is 6.04 Å². The third-order valence-corrected chi connectivity index (χ3v) is 5.14. The molecule has 3 heterocycles. The van der Waals surface area contributed by atoms with Crippen molar-refractivity contribution >= 4 is 22.7 Å². The lowest BCUT2D eigenvalue weighted by Gasteiger charge is -2.33. The molecule has 1 aliphatic heterocycles. The molecule has 0 spiro atoms. The first-order valence-electron chi connectivity index (χ1n) is 9.66. The number of hydrogen-bond donors (Lipinski definition) is 2. The molecule has 1 fully saturated rings. The van der Waals surface area contributed by atoms with Gasteiger partial charge in [0.25, 0.3) is 0 Å². The molecule has 1 atom stereocenters. The number of hydrogen-bond acceptors (Lipinski definition) is 4. The van der Waals surface area contributed by atoms with Crippen LogP contribution in [0.1, 0.15) is 33.1 Å². The predicted molar refractivity (Wildman–Crippen MR) is 105 cm³/mol. The van der Waals surface area contributed by atoms with Crippen LogP contribution in [0.2, 0.25) is 0 Å². The number of pyridine rings is 1. The van der Waals surface area contributed by atoms with Gasteiger partial charge in [0.1, 0.15) is 6.54 Å². The maximum absolute atomic E-state index is 12.6. The maximum atomic E-state index is 12.6. The van der Waals surface area contributed by atoms with E-state index in [4.69, 9.17) is 5.73 Å². The van der Waals surface area contributed by atoms with E-state index >= 15 is 0 Å². The lowest BCUT2D eigenvalue weighted by molar-refractivity contribution is -0.133. The average Bonchev–Trinajstić information content (AvgIpc) is 3.04. The van der Waals surface area contributed by atoms with Crippen LogP contribution in [0.25, 0.3) is 10.9 Å². The number of aromatic nitrogens is 2. The van der Waals surface area contributed by atoms with Crippen LogP contribution in [0.3, 0.4) is 0 Å². The van der Waals surface area contributed by atoms with Crippen LogP contribution in [-0.2, 0) is 16.1 Å². The van der Waals surface area contributed by atoms with Crippen LogP contribution in [0.15, 0.2) is 30.7 Å². The fourth-order valence-corrected chi connectivity index (χ4v) is 3.61. The van der Waals surface area contributed by atoms with Gasteiger partial charge in [0.15, 0.2) is 0 Å². The number of carbonyl (C=O) groups is 2. The zero-order valence-electron chi connectivity index (χ0n) is 16.1. The third kappa shape index (κ3) is 4.86. The first-order chi connectivity index (χ1) is 12.9. The summed E-state index contributed by atoms with van der Waals surface area (Å²) < 4.78 is 1.93. The number of rotatable bonds is 6. The molecule has 0 unspecified atom stereocenters. The Morgan fingerprint density at radius 2 is 2.04 bits per heavy atom. The van der Waals surface area contributed by atoms with Gasteiger partial charge >= 0.3 is 0 Å². The lowest BCUT2D eigenvalue weighted by Crippen LogP contribution is -2.51. The first kappa shape index (κ1) is 19.4. The Balaban J connectivity index is 1.49. The Morgan fingerprint density at radius 3 is 2.74 bits per heavy atom. The van der Waals surface area contributed by atoms with E-state index in [1.807, 2.05) is 27.8 Å². The largest absolute Gasteiger partial charge is 0.352 e. The van der Waals surface area contributed by atoms with Gasteiger partial charge in [-0.15, -0.1) is 0 Å². The number of piperidine rings is 1. The molecule has 2 aromatic rings. The molecular formula is C20H29N5O2. The number of nitrogens with one attached hydrogen (secondary N) is 1. The van der Waals surface area contributed by atoms with Crippen molar-refractivity contribution in [3.05, 3.63) is 30.7 Å². The average molecular weight is 371 g/mol. The number of nitrogens with zero attached hydrogens (tertiary/aromatic N) is 3. The summed E-state index contributed by atoms with van der Waals surface area (Å²) in [6.07, 6.45) is 7.67. The molecule has 7 heteroatoms. The van der Waals surface area contributed by atoms with Crippen molar-refractivity contribution in [2.75, 3.05) is 13.1 Å². The van der Waals surface area contributed by atoms with Crippen molar-refractivity contribution in [1.82, 2.24) is 19.8 Å². The van der Waals surface area contributed by atoms with Gasteiger partial charge < -0.3 is 20.5 Å². The zero-order chi connectivity index (χ0) is 19.4. The number of amides is 2. The zero-order valence-corrected chi connectivity index (χ0v) is 16.1. The van der Waals surface area contributed by atoms with E-state index in [0.717, 1.165) is 23.7 Å². The summed E-state index contributed by atoms with van der Waals surface area (Å²) in [5.74, 6) is 0.405. The molecule has 0 aliphatic carbocycles. The number of carbonyl (C=O) groups excluding carboxylic acids is 2. The van der Waals surface area contributed by atoms with Crippen LogP contribution >= 0.6 is 0 Å². The highest BCUT2D eigenvalue weighted by Crippen LogP contribution is 2.16. The highest BCUT2D eigenvalue weighted by Gasteiger charge is 2.25. The van der Waals surface area contributed by atoms with Crippen molar-refractivity contribution in [3.8, 4) is 0 Å². The Morgan fingerprint density at radius 1 is 1.30 bits per heavy atom. The SMILES string of the molecule is CC(C)C[C@H](N)C(=O)NC1CCN(C(=O)Cn2ccc3ccncc32)CC1. The monoisotopic (exact) mass is 371 g/mol. The van der Waals surface area contributed by atoms with Crippen LogP contribution in [0.4, 0.5) is 0 Å². The molecule has 0 radical (unpaired) electrons. The molecule has 0 aromatic carbocycles. The molecule has 0 bridgehead atoms. The lowest BCUT2D eigenvalue weighted by atomic mass is 10.0. The Bertz CT molecular complexity index is 793. The smallest absolute Gasteiger partial charge is 0.242 e. The van der Waals surface area contributed by atoms with Gasteiger partial charge in [-0.1, -0.05) is 13.8 Å². The molecular weight excluding hydrogens is 342 g/mol. The van der Waals surface area contributed by atoms with E-state index in [1.54, 1.807) is 12.4 Å². The van der Waals surface area contributed by atoms with E-state index in [9.17, 15) is 9.59 Å². The van der Waals surface area contributed by atoms with Gasteiger partial charge in [0.05, 0.1) is 17.8 Å². The third-order valence-electron chi connectivity index (χ3n) is 5.14. The van der Waals surface area contributed by atoms with E-state index in [-0.39, 0.29) is 17.9 Å². The van der Waals surface area contributed by atoms with E-state index in [1.165, 1.54) is 0 Å². The summed E-state index contributed by atoms with van der Waals surface area (Å²) in [6.45, 7) is 5.73. The summed E-state index contributed by atoms with van der Waals surface area (Å²) >= 11 is 0. The van der Waals surface area contributed by atoms with E-state index in [0.29, 0.717) is 32.0 Å². The van der Waals surface area contributed by atoms with Gasteiger partial charge in [-0.25, -0.2) is 0 Å². The summed E-state index contributed by atoms with van der Waals surface area (Å²) in [6, 6.07) is 3.57. The Labute approximate surface area is 159 Å². The molecule has 27 heavy (non-hydrogen) atoms. The molecule has 0 saturated carbocycles. The highest BCUT2D eigenvalue weighted by atomic mass is 16.2. The number of fused-ring (bicyclic) bond motifs is 1. The minimum Gasteiger partial charge on any atom is -0.352 e. The quantitative estimate of drug-likeness (QED) is 0.805. The highest BCUT2D eigenvalue weighted by molar-refractivity contribution is 5.83. The van der Waals surface area contributed by atoms with E-state index in [2.05, 4.69) is 24.1 Å². The molecule has 3 N–H and O–H groups in total. The Kier molecular flexibility index (Phi) is 6.11. The van der Waals surface area contributed by atoms with Gasteiger partial charge in [0, 0.05) is 36.9 Å². The molecule has 1 aliphatic rings. The second-order valence-corrected chi connectivity index (χ2v) is 7.78. The first-order valence-corrected chi connectivity index (χ1v) is 9.66. The minimum atomic E-state index is -0.458. The summed E-state index contributed by atoms with van der Waals surface area (Å²) in [4.78, 5) is 30.8. The van der Waals surface area contributed by atoms with Crippen molar-refractivity contribution in [2.45, 2.75) is 51.7 Å². The maximum Gasteiger partial charge on any atom is 0.242 e. The van der Waals surface area contributed by atoms with Gasteiger partial charge in [-0.2, -0.15) is 0 Å². The summed E-state index contributed by atoms with van der Waals surface area (Å²) in [5.41, 5.74) is 6.91. The van der Waals surface area contributed by atoms with Crippen LogP contribution in [0, 0.1) is 5.92 Å². The van der Waals surface area contributed by atoms with Crippen molar-refractivity contribution in [1.29, 1.82) is 0 Å². The fourth-order valence-electron chi connectivity index (χ4n) is 3.61. The molecule has 7 nitrogen and oxygen atoms in total. The standard InChI is InChI=1S/C20H29N5O2/c1-14(2)11-17(21)20(27)23-16-5-9-24(10-6-16)19(26)13-25-8-4-15-3-7-22-12-18(15)25/h3-4,7-8,12,14,16-17H,5-6,9-11,13,21H2,1-2H3,(H,23,27)/t17-/m0/s1. The molecule has 2 amide bonds. The topological polar surface area (TPSA) is 93.3 Å². The van der Waals surface area contributed by atoms with Crippen LogP contribution in [0.5, 0.6) is 0 Å². The van der Waals surface area contributed by atoms with Gasteiger partial charge in [-0.3, -0.25) is 14.6 Å². The second kappa shape index (κ2) is 8.52. The fraction of sp³-hybridized carbons (Fsp3) is 0.550. The molecule has 1 saturated heterocycles. The normalized spacial score (nSPS) is 16.7. The van der Waals surface area contributed by atoms with Crippen LogP contribution < -0.4 is 11.1 Å². The van der Waals surface area contributed by atoms with Crippen molar-refractivity contribution in [3.63, 3.8) is 0 Å². The van der Waals surface area contributed by atoms with Gasteiger partial charge in [-0.05, 0) is 37.3 Å². The Hall–Kier alpha value is -2.41. The molecule has 3 rings (SSSR count). The van der Waals surface area contributed by atoms with Crippen molar-refractivity contribution < 1.29 is 9.59 Å². The van der Waals surface area contributed by atoms with Crippen LogP contribution in [-0.4, -0.2) is 51.4 Å².